The van der Waals surface area contributed by atoms with Crippen molar-refractivity contribution < 1.29 is 9.53 Å². The average molecular weight is 284 g/mol. The maximum atomic E-state index is 11.9. The van der Waals surface area contributed by atoms with Crippen molar-refractivity contribution in [3.8, 4) is 5.75 Å². The Kier molecular flexibility index (Phi) is 5.35. The van der Waals surface area contributed by atoms with Crippen molar-refractivity contribution in [2.45, 2.75) is 13.0 Å². The van der Waals surface area contributed by atoms with Gasteiger partial charge in [0.25, 0.3) is 0 Å². The Hall–Kier alpha value is -2.33. The zero-order chi connectivity index (χ0) is 15.1. The van der Waals surface area contributed by atoms with Gasteiger partial charge in [0.15, 0.2) is 0 Å². The van der Waals surface area contributed by atoms with E-state index in [2.05, 4.69) is 10.6 Å². The average Bonchev–Trinajstić information content (AvgIpc) is 2.53. The van der Waals surface area contributed by atoms with Crippen LogP contribution in [0.3, 0.4) is 0 Å². The first-order chi connectivity index (χ1) is 10.2. The number of hydrogen-bond acceptors (Lipinski definition) is 3. The summed E-state index contributed by atoms with van der Waals surface area (Å²) in [6.45, 7) is 2.28. The second-order valence-corrected chi connectivity index (χ2v) is 4.79. The molecule has 0 saturated carbocycles. The topological polar surface area (TPSA) is 50.4 Å². The van der Waals surface area contributed by atoms with Crippen LogP contribution in [-0.2, 0) is 4.79 Å². The van der Waals surface area contributed by atoms with E-state index in [9.17, 15) is 4.79 Å². The number of carbonyl (C=O) groups excluding carboxylic acids is 1. The lowest BCUT2D eigenvalue weighted by atomic mass is 10.1. The Bertz CT molecular complexity index is 584. The largest absolute Gasteiger partial charge is 0.497 e. The maximum Gasteiger partial charge on any atom is 0.238 e. The second kappa shape index (κ2) is 7.45. The van der Waals surface area contributed by atoms with Gasteiger partial charge in [0, 0.05) is 11.7 Å². The van der Waals surface area contributed by atoms with Crippen LogP contribution in [0.25, 0.3) is 0 Å². The molecule has 0 aromatic heterocycles. The molecule has 0 fully saturated rings. The van der Waals surface area contributed by atoms with Gasteiger partial charge in [-0.2, -0.15) is 0 Å². The van der Waals surface area contributed by atoms with Crippen LogP contribution >= 0.6 is 0 Å². The van der Waals surface area contributed by atoms with Crippen LogP contribution in [0, 0.1) is 0 Å². The van der Waals surface area contributed by atoms with Gasteiger partial charge in [-0.25, -0.2) is 0 Å². The fourth-order valence-corrected chi connectivity index (χ4v) is 2.00. The Morgan fingerprint density at radius 2 is 1.90 bits per heavy atom. The van der Waals surface area contributed by atoms with Crippen LogP contribution in [0.2, 0.25) is 0 Å². The van der Waals surface area contributed by atoms with E-state index in [1.165, 1.54) is 0 Å². The number of para-hydroxylation sites is 1. The van der Waals surface area contributed by atoms with Crippen molar-refractivity contribution in [3.63, 3.8) is 0 Å². The molecule has 21 heavy (non-hydrogen) atoms. The molecule has 2 aromatic carbocycles. The van der Waals surface area contributed by atoms with Crippen molar-refractivity contribution >= 4 is 11.6 Å². The third kappa shape index (κ3) is 4.61. The predicted octanol–water partition coefficient (Wildman–Crippen LogP) is 2.98. The van der Waals surface area contributed by atoms with Gasteiger partial charge in [-0.05, 0) is 36.8 Å². The molecule has 110 valence electrons. The van der Waals surface area contributed by atoms with Crippen molar-refractivity contribution in [2.75, 3.05) is 19.0 Å². The van der Waals surface area contributed by atoms with E-state index in [-0.39, 0.29) is 18.5 Å². The summed E-state index contributed by atoms with van der Waals surface area (Å²) >= 11 is 0. The van der Waals surface area contributed by atoms with Crippen LogP contribution in [-0.4, -0.2) is 19.6 Å². The maximum absolute atomic E-state index is 11.9. The van der Waals surface area contributed by atoms with Crippen molar-refractivity contribution in [1.29, 1.82) is 0 Å². The van der Waals surface area contributed by atoms with E-state index in [0.717, 1.165) is 17.0 Å². The zero-order valence-corrected chi connectivity index (χ0v) is 12.3. The molecule has 0 saturated heterocycles. The molecule has 0 bridgehead atoms. The molecule has 2 N–H and O–H groups in total. The van der Waals surface area contributed by atoms with Crippen LogP contribution < -0.4 is 15.4 Å². The fourth-order valence-electron chi connectivity index (χ4n) is 2.00. The van der Waals surface area contributed by atoms with Crippen LogP contribution in [0.15, 0.2) is 54.6 Å². The molecule has 0 aliphatic heterocycles. The molecule has 0 unspecified atom stereocenters. The molecule has 0 spiro atoms. The zero-order valence-electron chi connectivity index (χ0n) is 12.3. The van der Waals surface area contributed by atoms with Crippen molar-refractivity contribution in [1.82, 2.24) is 5.32 Å². The summed E-state index contributed by atoms with van der Waals surface area (Å²) in [5.74, 6) is 0.755. The summed E-state index contributed by atoms with van der Waals surface area (Å²) in [7, 11) is 1.64. The highest BCUT2D eigenvalue weighted by atomic mass is 16.5. The van der Waals surface area contributed by atoms with E-state index in [4.69, 9.17) is 4.74 Å². The summed E-state index contributed by atoms with van der Waals surface area (Å²) in [5.41, 5.74) is 1.89. The number of hydrogen-bond donors (Lipinski definition) is 2. The fraction of sp³-hybridized carbons (Fsp3) is 0.235. The molecule has 0 radical (unpaired) electrons. The van der Waals surface area contributed by atoms with Crippen LogP contribution in [0.1, 0.15) is 18.5 Å². The van der Waals surface area contributed by atoms with Gasteiger partial charge >= 0.3 is 0 Å². The third-order valence-corrected chi connectivity index (χ3v) is 3.22. The second-order valence-electron chi connectivity index (χ2n) is 4.79. The summed E-state index contributed by atoms with van der Waals surface area (Å²) in [5, 5.41) is 6.05. The van der Waals surface area contributed by atoms with Gasteiger partial charge in [0.2, 0.25) is 5.91 Å². The number of carbonyl (C=O) groups is 1. The summed E-state index contributed by atoms with van der Waals surface area (Å²) < 4.78 is 5.20. The van der Waals surface area contributed by atoms with Gasteiger partial charge in [-0.1, -0.05) is 30.3 Å². The molecule has 2 aromatic rings. The molecule has 0 aliphatic rings. The Labute approximate surface area is 125 Å². The highest BCUT2D eigenvalue weighted by Crippen LogP contribution is 2.18. The van der Waals surface area contributed by atoms with Gasteiger partial charge in [0.05, 0.1) is 13.7 Å². The number of benzene rings is 2. The number of rotatable bonds is 6. The van der Waals surface area contributed by atoms with Gasteiger partial charge in [-0.15, -0.1) is 0 Å². The normalized spacial score (nSPS) is 11.7. The van der Waals surface area contributed by atoms with Crippen molar-refractivity contribution in [2.24, 2.45) is 0 Å². The lowest BCUT2D eigenvalue weighted by Gasteiger charge is -2.15. The van der Waals surface area contributed by atoms with Gasteiger partial charge in [0.1, 0.15) is 5.75 Å². The minimum atomic E-state index is -0.0593. The van der Waals surface area contributed by atoms with E-state index in [1.54, 1.807) is 7.11 Å². The lowest BCUT2D eigenvalue weighted by Crippen LogP contribution is -2.30. The number of nitrogens with one attached hydrogen (secondary N) is 2. The van der Waals surface area contributed by atoms with E-state index >= 15 is 0 Å². The molecule has 0 heterocycles. The highest BCUT2D eigenvalue weighted by molar-refractivity contribution is 5.92. The van der Waals surface area contributed by atoms with Crippen LogP contribution in [0.5, 0.6) is 5.75 Å². The van der Waals surface area contributed by atoms with E-state index in [1.807, 2.05) is 61.5 Å². The molecule has 4 heteroatoms. The highest BCUT2D eigenvalue weighted by Gasteiger charge is 2.08. The van der Waals surface area contributed by atoms with Crippen molar-refractivity contribution in [3.05, 3.63) is 60.2 Å². The molecule has 1 atom stereocenters. The first kappa shape index (κ1) is 15.1. The first-order valence-electron chi connectivity index (χ1n) is 6.91. The molecule has 1 amide bonds. The Morgan fingerprint density at radius 3 is 2.62 bits per heavy atom. The summed E-state index contributed by atoms with van der Waals surface area (Å²) in [4.78, 5) is 11.9. The molecule has 0 aliphatic carbocycles. The SMILES string of the molecule is COc1cccc([C@@H](C)NCC(=O)Nc2ccccc2)c1. The third-order valence-electron chi connectivity index (χ3n) is 3.22. The minimum absolute atomic E-state index is 0.0593. The first-order valence-corrected chi connectivity index (χ1v) is 6.91. The predicted molar refractivity (Wildman–Crippen MR) is 84.5 cm³/mol. The lowest BCUT2D eigenvalue weighted by molar-refractivity contribution is -0.115. The van der Waals surface area contributed by atoms with Gasteiger partial charge in [-0.3, -0.25) is 4.79 Å². The molecule has 2 rings (SSSR count). The Morgan fingerprint density at radius 1 is 1.14 bits per heavy atom. The molecular formula is C17H20N2O2. The summed E-state index contributed by atoms with van der Waals surface area (Å²) in [6, 6.07) is 17.3. The quantitative estimate of drug-likeness (QED) is 0.857. The van der Waals surface area contributed by atoms with Gasteiger partial charge < -0.3 is 15.4 Å². The monoisotopic (exact) mass is 284 g/mol. The standard InChI is InChI=1S/C17H20N2O2/c1-13(14-7-6-10-16(11-14)21-2)18-12-17(20)19-15-8-4-3-5-9-15/h3-11,13,18H,12H2,1-2H3,(H,19,20)/t13-/m1/s1. The number of amides is 1. The molecular weight excluding hydrogens is 264 g/mol. The Balaban J connectivity index is 1.85. The number of anilines is 1. The minimum Gasteiger partial charge on any atom is -0.497 e. The number of methoxy groups -OCH3 is 1. The van der Waals surface area contributed by atoms with E-state index in [0.29, 0.717) is 0 Å². The summed E-state index contributed by atoms with van der Waals surface area (Å²) in [6.07, 6.45) is 0. The van der Waals surface area contributed by atoms with E-state index < -0.39 is 0 Å². The number of ether oxygens (including phenoxy) is 1. The van der Waals surface area contributed by atoms with Crippen LogP contribution in [0.4, 0.5) is 5.69 Å². The molecule has 4 nitrogen and oxygen atoms in total. The smallest absolute Gasteiger partial charge is 0.238 e.